The first kappa shape index (κ1) is 10.5. The third-order valence-corrected chi connectivity index (χ3v) is 2.33. The Balaban J connectivity index is 2.19. The van der Waals surface area contributed by atoms with Crippen molar-refractivity contribution in [1.29, 1.82) is 5.26 Å². The molecule has 16 heavy (non-hydrogen) atoms. The standard InChI is InChI=1S/C12H12N2O2/c1-2-5-14-10(7-13)9-3-4-11-12(6-9)16-8-15-11/h2-4,6,10,14H,1,5,8H2. The number of nitrogens with one attached hydrogen (secondary N) is 1. The van der Waals surface area contributed by atoms with Crippen molar-refractivity contribution in [2.24, 2.45) is 0 Å². The third-order valence-electron chi connectivity index (χ3n) is 2.33. The summed E-state index contributed by atoms with van der Waals surface area (Å²) in [6.07, 6.45) is 1.72. The van der Waals surface area contributed by atoms with E-state index in [1.807, 2.05) is 18.2 Å². The van der Waals surface area contributed by atoms with Crippen molar-refractivity contribution in [1.82, 2.24) is 5.32 Å². The monoisotopic (exact) mass is 216 g/mol. The number of benzene rings is 1. The molecule has 4 nitrogen and oxygen atoms in total. The van der Waals surface area contributed by atoms with Crippen molar-refractivity contribution in [2.45, 2.75) is 6.04 Å². The highest BCUT2D eigenvalue weighted by Gasteiger charge is 2.16. The summed E-state index contributed by atoms with van der Waals surface area (Å²) in [4.78, 5) is 0. The van der Waals surface area contributed by atoms with E-state index in [9.17, 15) is 0 Å². The van der Waals surface area contributed by atoms with Crippen LogP contribution >= 0.6 is 0 Å². The lowest BCUT2D eigenvalue weighted by atomic mass is 10.1. The molecule has 0 saturated carbocycles. The third kappa shape index (κ3) is 2.00. The summed E-state index contributed by atoms with van der Waals surface area (Å²) in [5.74, 6) is 1.42. The van der Waals surface area contributed by atoms with E-state index in [1.54, 1.807) is 6.08 Å². The van der Waals surface area contributed by atoms with Gasteiger partial charge in [-0.05, 0) is 17.7 Å². The molecule has 0 amide bonds. The van der Waals surface area contributed by atoms with Gasteiger partial charge in [-0.25, -0.2) is 0 Å². The summed E-state index contributed by atoms with van der Waals surface area (Å²) in [6.45, 7) is 4.44. The number of ether oxygens (including phenoxy) is 2. The number of rotatable bonds is 4. The Labute approximate surface area is 94.1 Å². The maximum Gasteiger partial charge on any atom is 0.231 e. The molecule has 1 unspecified atom stereocenters. The van der Waals surface area contributed by atoms with Gasteiger partial charge in [0.15, 0.2) is 11.5 Å². The minimum absolute atomic E-state index is 0.246. The van der Waals surface area contributed by atoms with Crippen molar-refractivity contribution in [2.75, 3.05) is 13.3 Å². The second kappa shape index (κ2) is 4.69. The molecule has 0 aromatic heterocycles. The zero-order valence-corrected chi connectivity index (χ0v) is 8.77. The smallest absolute Gasteiger partial charge is 0.231 e. The predicted molar refractivity (Wildman–Crippen MR) is 59.1 cm³/mol. The predicted octanol–water partition coefficient (Wildman–Crippen LogP) is 1.76. The molecule has 0 aliphatic carbocycles. The number of hydrogen-bond acceptors (Lipinski definition) is 4. The Bertz CT molecular complexity index is 437. The second-order valence-corrected chi connectivity index (χ2v) is 3.37. The zero-order valence-electron chi connectivity index (χ0n) is 8.77. The molecule has 0 fully saturated rings. The molecule has 1 aliphatic rings. The molecular weight excluding hydrogens is 204 g/mol. The molecule has 1 heterocycles. The van der Waals surface area contributed by atoms with Crippen LogP contribution < -0.4 is 14.8 Å². The Morgan fingerprint density at radius 2 is 2.31 bits per heavy atom. The normalized spacial score (nSPS) is 14.2. The lowest BCUT2D eigenvalue weighted by molar-refractivity contribution is 0.174. The van der Waals surface area contributed by atoms with E-state index in [0.29, 0.717) is 12.3 Å². The van der Waals surface area contributed by atoms with Gasteiger partial charge in [-0.3, -0.25) is 5.32 Å². The Kier molecular flexibility index (Phi) is 3.08. The highest BCUT2D eigenvalue weighted by atomic mass is 16.7. The maximum absolute atomic E-state index is 9.04. The maximum atomic E-state index is 9.04. The van der Waals surface area contributed by atoms with E-state index in [1.165, 1.54) is 0 Å². The van der Waals surface area contributed by atoms with E-state index in [2.05, 4.69) is 18.0 Å². The molecule has 1 atom stereocenters. The SMILES string of the molecule is C=CCNC(C#N)c1ccc2c(c1)OCO2. The van der Waals surface area contributed by atoms with E-state index in [0.717, 1.165) is 11.3 Å². The highest BCUT2D eigenvalue weighted by Crippen LogP contribution is 2.33. The van der Waals surface area contributed by atoms with Crippen molar-refractivity contribution < 1.29 is 9.47 Å². The van der Waals surface area contributed by atoms with Crippen molar-refractivity contribution in [3.8, 4) is 17.6 Å². The summed E-state index contributed by atoms with van der Waals surface area (Å²) >= 11 is 0. The molecular formula is C12H12N2O2. The molecule has 0 radical (unpaired) electrons. The Morgan fingerprint density at radius 3 is 3.06 bits per heavy atom. The van der Waals surface area contributed by atoms with Crippen LogP contribution in [0.3, 0.4) is 0 Å². The van der Waals surface area contributed by atoms with Crippen LogP contribution in [-0.2, 0) is 0 Å². The van der Waals surface area contributed by atoms with Crippen LogP contribution in [0.2, 0.25) is 0 Å². The van der Waals surface area contributed by atoms with E-state index >= 15 is 0 Å². The molecule has 1 aromatic carbocycles. The van der Waals surface area contributed by atoms with Gasteiger partial charge in [0.25, 0.3) is 0 Å². The van der Waals surface area contributed by atoms with Crippen LogP contribution in [0.5, 0.6) is 11.5 Å². The summed E-state index contributed by atoms with van der Waals surface area (Å²) in [5, 5.41) is 12.1. The number of hydrogen-bond donors (Lipinski definition) is 1. The van der Waals surface area contributed by atoms with Crippen LogP contribution in [0.25, 0.3) is 0 Å². The number of nitriles is 1. The fraction of sp³-hybridized carbons (Fsp3) is 0.250. The van der Waals surface area contributed by atoms with Crippen LogP contribution in [0.4, 0.5) is 0 Å². The summed E-state index contributed by atoms with van der Waals surface area (Å²) in [7, 11) is 0. The van der Waals surface area contributed by atoms with Crippen LogP contribution in [0, 0.1) is 11.3 Å². The van der Waals surface area contributed by atoms with Gasteiger partial charge in [0.2, 0.25) is 6.79 Å². The summed E-state index contributed by atoms with van der Waals surface area (Å²) < 4.78 is 10.5. The molecule has 0 saturated heterocycles. The van der Waals surface area contributed by atoms with Gasteiger partial charge >= 0.3 is 0 Å². The summed E-state index contributed by atoms with van der Waals surface area (Å²) in [5.41, 5.74) is 0.869. The highest BCUT2D eigenvalue weighted by molar-refractivity contribution is 5.46. The molecule has 1 aliphatic heterocycles. The molecule has 4 heteroatoms. The molecule has 82 valence electrons. The fourth-order valence-electron chi connectivity index (χ4n) is 1.53. The van der Waals surface area contributed by atoms with Crippen LogP contribution in [0.1, 0.15) is 11.6 Å². The minimum atomic E-state index is -0.354. The van der Waals surface area contributed by atoms with Gasteiger partial charge in [-0.15, -0.1) is 6.58 Å². The van der Waals surface area contributed by atoms with Gasteiger partial charge in [0.05, 0.1) is 6.07 Å². The van der Waals surface area contributed by atoms with Gasteiger partial charge in [0, 0.05) is 6.54 Å². The number of fused-ring (bicyclic) bond motifs is 1. The quantitative estimate of drug-likeness (QED) is 0.779. The lowest BCUT2D eigenvalue weighted by Crippen LogP contribution is -2.19. The average molecular weight is 216 g/mol. The second-order valence-electron chi connectivity index (χ2n) is 3.37. The molecule has 1 aromatic rings. The van der Waals surface area contributed by atoms with Gasteiger partial charge < -0.3 is 9.47 Å². The first-order valence-electron chi connectivity index (χ1n) is 4.98. The summed E-state index contributed by atoms with van der Waals surface area (Å²) in [6, 6.07) is 7.34. The zero-order chi connectivity index (χ0) is 11.4. The molecule has 1 N–H and O–H groups in total. The minimum Gasteiger partial charge on any atom is -0.454 e. The topological polar surface area (TPSA) is 54.3 Å². The average Bonchev–Trinajstić information content (AvgIpc) is 2.77. The van der Waals surface area contributed by atoms with Crippen molar-refractivity contribution in [3.05, 3.63) is 36.4 Å². The van der Waals surface area contributed by atoms with Crippen molar-refractivity contribution >= 4 is 0 Å². The van der Waals surface area contributed by atoms with Crippen LogP contribution in [0.15, 0.2) is 30.9 Å². The Hall–Kier alpha value is -1.99. The van der Waals surface area contributed by atoms with Gasteiger partial charge in [-0.1, -0.05) is 12.1 Å². The van der Waals surface area contributed by atoms with E-state index in [4.69, 9.17) is 14.7 Å². The Morgan fingerprint density at radius 1 is 1.50 bits per heavy atom. The largest absolute Gasteiger partial charge is 0.454 e. The lowest BCUT2D eigenvalue weighted by Gasteiger charge is -2.10. The fourth-order valence-corrected chi connectivity index (χ4v) is 1.53. The van der Waals surface area contributed by atoms with Crippen LogP contribution in [-0.4, -0.2) is 13.3 Å². The van der Waals surface area contributed by atoms with Crippen molar-refractivity contribution in [3.63, 3.8) is 0 Å². The first-order chi connectivity index (χ1) is 7.85. The van der Waals surface area contributed by atoms with E-state index < -0.39 is 0 Å². The first-order valence-corrected chi connectivity index (χ1v) is 4.98. The van der Waals surface area contributed by atoms with Gasteiger partial charge in [0.1, 0.15) is 6.04 Å². The molecule has 2 rings (SSSR count). The van der Waals surface area contributed by atoms with E-state index in [-0.39, 0.29) is 12.8 Å². The van der Waals surface area contributed by atoms with Gasteiger partial charge in [-0.2, -0.15) is 5.26 Å². The molecule has 0 bridgehead atoms. The molecule has 0 spiro atoms. The number of nitrogens with zero attached hydrogens (tertiary/aromatic N) is 1.